The molecule has 0 spiro atoms. The predicted molar refractivity (Wildman–Crippen MR) is 78.8 cm³/mol. The summed E-state index contributed by atoms with van der Waals surface area (Å²) in [5, 5.41) is 2.59. The van der Waals surface area contributed by atoms with Gasteiger partial charge in [-0.3, -0.25) is 0 Å². The molecule has 1 rings (SSSR count). The quantitative estimate of drug-likeness (QED) is 0.835. The summed E-state index contributed by atoms with van der Waals surface area (Å²) in [7, 11) is 0. The molecule has 0 radical (unpaired) electrons. The van der Waals surface area contributed by atoms with E-state index in [9.17, 15) is 9.18 Å². The fraction of sp³-hybridized carbons (Fsp3) is 0.400. The van der Waals surface area contributed by atoms with Crippen molar-refractivity contribution in [3.05, 3.63) is 35.2 Å². The fourth-order valence-electron chi connectivity index (χ4n) is 1.54. The Morgan fingerprint density at radius 1 is 1.45 bits per heavy atom. The Morgan fingerprint density at radius 2 is 2.10 bits per heavy atom. The summed E-state index contributed by atoms with van der Waals surface area (Å²) in [4.78, 5) is 11.4. The van der Waals surface area contributed by atoms with Crippen molar-refractivity contribution < 1.29 is 13.9 Å². The summed E-state index contributed by atoms with van der Waals surface area (Å²) in [6.45, 7) is 7.49. The number of ether oxygens (including phenoxy) is 1. The highest BCUT2D eigenvalue weighted by Gasteiger charge is 2.14. The van der Waals surface area contributed by atoms with Crippen LogP contribution in [0.15, 0.2) is 18.2 Å². The van der Waals surface area contributed by atoms with Crippen LogP contribution in [0, 0.1) is 12.7 Å². The van der Waals surface area contributed by atoms with E-state index >= 15 is 0 Å². The second-order valence-electron chi connectivity index (χ2n) is 5.49. The van der Waals surface area contributed by atoms with Gasteiger partial charge < -0.3 is 15.8 Å². The van der Waals surface area contributed by atoms with E-state index in [1.165, 1.54) is 12.1 Å². The van der Waals surface area contributed by atoms with Crippen LogP contribution in [0.25, 0.3) is 6.08 Å². The molecular weight excluding hydrogens is 259 g/mol. The summed E-state index contributed by atoms with van der Waals surface area (Å²) in [6.07, 6.45) is 2.94. The van der Waals surface area contributed by atoms with E-state index in [-0.39, 0.29) is 5.82 Å². The normalized spacial score (nSPS) is 11.7. The lowest BCUT2D eigenvalue weighted by Crippen LogP contribution is -2.32. The first-order chi connectivity index (χ1) is 9.19. The Morgan fingerprint density at radius 3 is 2.70 bits per heavy atom. The summed E-state index contributed by atoms with van der Waals surface area (Å²) in [6, 6.07) is 2.68. The predicted octanol–water partition coefficient (Wildman–Crippen LogP) is 3.25. The van der Waals surface area contributed by atoms with Crippen LogP contribution in [-0.2, 0) is 4.74 Å². The lowest BCUT2D eigenvalue weighted by molar-refractivity contribution is 0.0534. The van der Waals surface area contributed by atoms with Crippen molar-refractivity contribution in [2.24, 2.45) is 0 Å². The fourth-order valence-corrected chi connectivity index (χ4v) is 1.54. The molecule has 0 atom stereocenters. The molecule has 0 fully saturated rings. The SMILES string of the molecule is Cc1c(N)cc(F)cc1C=CCNC(=O)OC(C)(C)C. The molecule has 1 aromatic carbocycles. The molecule has 0 unspecified atom stereocenters. The molecule has 5 heteroatoms. The van der Waals surface area contributed by atoms with Gasteiger partial charge in [0, 0.05) is 12.2 Å². The molecule has 0 bridgehead atoms. The number of nitrogen functional groups attached to an aromatic ring is 1. The lowest BCUT2D eigenvalue weighted by Gasteiger charge is -2.19. The molecule has 0 aromatic heterocycles. The third-order valence-electron chi connectivity index (χ3n) is 2.51. The molecule has 110 valence electrons. The van der Waals surface area contributed by atoms with Crippen LogP contribution in [0.4, 0.5) is 14.9 Å². The van der Waals surface area contributed by atoms with Crippen molar-refractivity contribution in [3.63, 3.8) is 0 Å². The van der Waals surface area contributed by atoms with E-state index in [0.717, 1.165) is 5.56 Å². The Bertz CT molecular complexity index is 519. The highest BCUT2D eigenvalue weighted by Crippen LogP contribution is 2.19. The largest absolute Gasteiger partial charge is 0.444 e. The van der Waals surface area contributed by atoms with Crippen molar-refractivity contribution in [2.45, 2.75) is 33.3 Å². The van der Waals surface area contributed by atoms with Crippen LogP contribution < -0.4 is 11.1 Å². The molecule has 1 aromatic rings. The maximum absolute atomic E-state index is 13.2. The first-order valence-electron chi connectivity index (χ1n) is 6.38. The second kappa shape index (κ2) is 6.41. The zero-order valence-electron chi connectivity index (χ0n) is 12.3. The van der Waals surface area contributed by atoms with E-state index in [4.69, 9.17) is 10.5 Å². The Labute approximate surface area is 118 Å². The highest BCUT2D eigenvalue weighted by molar-refractivity contribution is 5.68. The minimum atomic E-state index is -0.526. The number of carbonyl (C=O) groups is 1. The zero-order valence-corrected chi connectivity index (χ0v) is 12.3. The average molecular weight is 280 g/mol. The van der Waals surface area contributed by atoms with Crippen LogP contribution in [-0.4, -0.2) is 18.2 Å². The van der Waals surface area contributed by atoms with Crippen molar-refractivity contribution in [3.8, 4) is 0 Å². The van der Waals surface area contributed by atoms with Gasteiger partial charge in [0.25, 0.3) is 0 Å². The standard InChI is InChI=1S/C15H21FN2O2/c1-10-11(8-12(16)9-13(10)17)6-5-7-18-14(19)20-15(2,3)4/h5-6,8-9H,7,17H2,1-4H3,(H,18,19). The van der Waals surface area contributed by atoms with Crippen LogP contribution in [0.3, 0.4) is 0 Å². The Kier molecular flexibility index (Phi) is 5.13. The average Bonchev–Trinajstić information content (AvgIpc) is 2.28. The number of rotatable bonds is 3. The number of amides is 1. The van der Waals surface area contributed by atoms with Gasteiger partial charge >= 0.3 is 6.09 Å². The number of nitrogens with one attached hydrogen (secondary N) is 1. The molecule has 4 nitrogen and oxygen atoms in total. The number of hydrogen-bond acceptors (Lipinski definition) is 3. The van der Waals surface area contributed by atoms with Gasteiger partial charge in [-0.25, -0.2) is 9.18 Å². The molecule has 0 heterocycles. The molecular formula is C15H21FN2O2. The third-order valence-corrected chi connectivity index (χ3v) is 2.51. The number of halogens is 1. The number of nitrogens with two attached hydrogens (primary N) is 1. The Hall–Kier alpha value is -2.04. The van der Waals surface area contributed by atoms with Crippen molar-refractivity contribution in [1.29, 1.82) is 0 Å². The highest BCUT2D eigenvalue weighted by atomic mass is 19.1. The number of anilines is 1. The van der Waals surface area contributed by atoms with E-state index < -0.39 is 11.7 Å². The molecule has 0 aliphatic heterocycles. The maximum atomic E-state index is 13.2. The van der Waals surface area contributed by atoms with Gasteiger partial charge in [-0.15, -0.1) is 0 Å². The van der Waals surface area contributed by atoms with Gasteiger partial charge in [-0.05, 0) is 51.0 Å². The van der Waals surface area contributed by atoms with Gasteiger partial charge in [-0.2, -0.15) is 0 Å². The van der Waals surface area contributed by atoms with Gasteiger partial charge in [0.05, 0.1) is 0 Å². The first-order valence-corrected chi connectivity index (χ1v) is 6.38. The van der Waals surface area contributed by atoms with Crippen molar-refractivity contribution in [2.75, 3.05) is 12.3 Å². The van der Waals surface area contributed by atoms with Gasteiger partial charge in [-0.1, -0.05) is 12.2 Å². The summed E-state index contributed by atoms with van der Waals surface area (Å²) < 4.78 is 18.3. The van der Waals surface area contributed by atoms with Gasteiger partial charge in [0.2, 0.25) is 0 Å². The summed E-state index contributed by atoms with van der Waals surface area (Å²) >= 11 is 0. The Balaban J connectivity index is 2.56. The minimum absolute atomic E-state index is 0.296. The number of benzene rings is 1. The number of carbonyl (C=O) groups excluding carboxylic acids is 1. The van der Waals surface area contributed by atoms with E-state index in [0.29, 0.717) is 17.8 Å². The number of alkyl carbamates (subject to hydrolysis) is 1. The molecule has 0 saturated heterocycles. The molecule has 0 aliphatic rings. The maximum Gasteiger partial charge on any atom is 0.407 e. The smallest absolute Gasteiger partial charge is 0.407 e. The summed E-state index contributed by atoms with van der Waals surface area (Å²) in [5.74, 6) is -0.382. The van der Waals surface area contributed by atoms with E-state index in [1.807, 2.05) is 6.92 Å². The molecule has 0 saturated carbocycles. The zero-order chi connectivity index (χ0) is 15.3. The minimum Gasteiger partial charge on any atom is -0.444 e. The van der Waals surface area contributed by atoms with Crippen LogP contribution >= 0.6 is 0 Å². The molecule has 0 aliphatic carbocycles. The van der Waals surface area contributed by atoms with E-state index in [2.05, 4.69) is 5.32 Å². The van der Waals surface area contributed by atoms with Crippen LogP contribution in [0.1, 0.15) is 31.9 Å². The van der Waals surface area contributed by atoms with Gasteiger partial charge in [0.15, 0.2) is 0 Å². The first kappa shape index (κ1) is 16.0. The lowest BCUT2D eigenvalue weighted by atomic mass is 10.1. The monoisotopic (exact) mass is 280 g/mol. The topological polar surface area (TPSA) is 64.3 Å². The summed E-state index contributed by atoms with van der Waals surface area (Å²) in [5.41, 5.74) is 7.05. The molecule has 3 N–H and O–H groups in total. The molecule has 1 amide bonds. The van der Waals surface area contributed by atoms with Crippen LogP contribution in [0.2, 0.25) is 0 Å². The van der Waals surface area contributed by atoms with Crippen molar-refractivity contribution >= 4 is 17.9 Å². The van der Waals surface area contributed by atoms with Gasteiger partial charge in [0.1, 0.15) is 11.4 Å². The molecule has 20 heavy (non-hydrogen) atoms. The second-order valence-corrected chi connectivity index (χ2v) is 5.49. The third kappa shape index (κ3) is 5.30. The van der Waals surface area contributed by atoms with Crippen LogP contribution in [0.5, 0.6) is 0 Å². The van der Waals surface area contributed by atoms with E-state index in [1.54, 1.807) is 32.9 Å². The number of hydrogen-bond donors (Lipinski definition) is 2. The van der Waals surface area contributed by atoms with Crippen molar-refractivity contribution in [1.82, 2.24) is 5.32 Å².